The summed E-state index contributed by atoms with van der Waals surface area (Å²) in [4.78, 5) is 18.7. The van der Waals surface area contributed by atoms with Crippen LogP contribution < -0.4 is 4.74 Å². The van der Waals surface area contributed by atoms with Crippen LogP contribution in [0, 0.1) is 6.92 Å². The number of aryl methyl sites for hydroxylation is 1. The van der Waals surface area contributed by atoms with Crippen molar-refractivity contribution in [3.8, 4) is 5.75 Å². The minimum Gasteiger partial charge on any atom is -0.497 e. The van der Waals surface area contributed by atoms with E-state index in [4.69, 9.17) is 62.7 Å². The molecule has 0 bridgehead atoms. The maximum Gasteiger partial charge on any atom is 0.225 e. The molecule has 7 nitrogen and oxygen atoms in total. The van der Waals surface area contributed by atoms with Gasteiger partial charge in [-0.3, -0.25) is 0 Å². The van der Waals surface area contributed by atoms with E-state index in [0.717, 1.165) is 27.7 Å². The van der Waals surface area contributed by atoms with Gasteiger partial charge < -0.3 is 14.3 Å². The van der Waals surface area contributed by atoms with Gasteiger partial charge in [0.1, 0.15) is 27.4 Å². The van der Waals surface area contributed by atoms with Gasteiger partial charge in [-0.15, -0.1) is 11.6 Å². The summed E-state index contributed by atoms with van der Waals surface area (Å²) >= 11 is 28.8. The van der Waals surface area contributed by atoms with E-state index < -0.39 is 0 Å². The molecule has 12 heteroatoms. The number of benzene rings is 2. The molecule has 0 amide bonds. The lowest BCUT2D eigenvalue weighted by Gasteiger charge is -2.06. The van der Waals surface area contributed by atoms with Crippen LogP contribution in [0.15, 0.2) is 73.1 Å². The molecule has 6 rings (SSSR count). The fourth-order valence-electron chi connectivity index (χ4n) is 3.61. The van der Waals surface area contributed by atoms with Crippen LogP contribution in [0.1, 0.15) is 16.7 Å². The third-order valence-corrected chi connectivity index (χ3v) is 6.90. The Hall–Kier alpha value is -3.07. The molecule has 4 heterocycles. The molecular weight excluding hydrogens is 614 g/mol. The zero-order chi connectivity index (χ0) is 28.6. The Kier molecular flexibility index (Phi) is 10.5. The molecule has 0 spiro atoms. The van der Waals surface area contributed by atoms with Crippen molar-refractivity contribution in [2.75, 3.05) is 7.11 Å². The number of hydrogen-bond donors (Lipinski definition) is 1. The number of alkyl halides is 1. The molecular formula is C28H23Cl5N6O. The van der Waals surface area contributed by atoms with Gasteiger partial charge in [0.25, 0.3) is 0 Å². The third kappa shape index (κ3) is 7.77. The molecule has 0 saturated heterocycles. The summed E-state index contributed by atoms with van der Waals surface area (Å²) in [6.45, 7) is 2.75. The molecule has 0 radical (unpaired) electrons. The van der Waals surface area contributed by atoms with Crippen molar-refractivity contribution >= 4 is 80.1 Å². The Morgan fingerprint density at radius 2 is 1.38 bits per heavy atom. The maximum atomic E-state index is 6.05. The van der Waals surface area contributed by atoms with E-state index in [1.54, 1.807) is 19.4 Å². The monoisotopic (exact) mass is 634 g/mol. The molecule has 40 heavy (non-hydrogen) atoms. The first-order valence-electron chi connectivity index (χ1n) is 11.9. The average Bonchev–Trinajstić information content (AvgIpc) is 3.58. The Morgan fingerprint density at radius 3 is 2.02 bits per heavy atom. The quantitative estimate of drug-likeness (QED) is 0.119. The van der Waals surface area contributed by atoms with Gasteiger partial charge in [0.15, 0.2) is 0 Å². The van der Waals surface area contributed by atoms with Gasteiger partial charge in [0.2, 0.25) is 10.6 Å². The van der Waals surface area contributed by atoms with Crippen LogP contribution in [-0.2, 0) is 12.4 Å². The number of fused-ring (bicyclic) bond motifs is 2. The lowest BCUT2D eigenvalue weighted by atomic mass is 10.2. The number of aromatic amines is 1. The topological polar surface area (TPSA) is 81.5 Å². The number of ether oxygens (including phenoxy) is 1. The molecule has 0 unspecified atom stereocenters. The SMILES string of the molecule is COc1ccc(Cn2ccc3c(Cl)nc(Cl)nc32)cc1.Cc1ccc(CCl)cc1.Clc1nc(Cl)c2cc[nH]c2n1. The number of halogens is 5. The number of aromatic nitrogens is 6. The summed E-state index contributed by atoms with van der Waals surface area (Å²) in [7, 11) is 1.65. The lowest BCUT2D eigenvalue weighted by molar-refractivity contribution is 0.414. The molecule has 0 saturated carbocycles. The van der Waals surface area contributed by atoms with Crippen LogP contribution in [0.5, 0.6) is 5.75 Å². The lowest BCUT2D eigenvalue weighted by Crippen LogP contribution is -2.00. The number of H-pyrrole nitrogens is 1. The van der Waals surface area contributed by atoms with Crippen LogP contribution in [0.25, 0.3) is 22.1 Å². The van der Waals surface area contributed by atoms with Crippen molar-refractivity contribution in [3.63, 3.8) is 0 Å². The minimum absolute atomic E-state index is 0.150. The molecule has 2 aromatic carbocycles. The number of methoxy groups -OCH3 is 1. The first-order valence-corrected chi connectivity index (χ1v) is 13.9. The Bertz CT molecular complexity index is 1700. The molecule has 4 aromatic heterocycles. The zero-order valence-corrected chi connectivity index (χ0v) is 25.2. The van der Waals surface area contributed by atoms with Gasteiger partial charge in [-0.25, -0.2) is 9.97 Å². The number of nitrogens with one attached hydrogen (secondary N) is 1. The smallest absolute Gasteiger partial charge is 0.225 e. The van der Waals surface area contributed by atoms with Crippen molar-refractivity contribution in [3.05, 3.63) is 111 Å². The second kappa shape index (κ2) is 14.0. The molecule has 0 fully saturated rings. The second-order valence-electron chi connectivity index (χ2n) is 8.46. The van der Waals surface area contributed by atoms with E-state index in [0.29, 0.717) is 28.4 Å². The minimum atomic E-state index is 0.150. The van der Waals surface area contributed by atoms with Crippen molar-refractivity contribution < 1.29 is 4.74 Å². The molecule has 0 aliphatic rings. The largest absolute Gasteiger partial charge is 0.497 e. The van der Waals surface area contributed by atoms with E-state index >= 15 is 0 Å². The Morgan fingerprint density at radius 1 is 0.750 bits per heavy atom. The standard InChI is InChI=1S/C14H11Cl2N3O.C8H9Cl.C6H3Cl2N3/c1-20-10-4-2-9(3-5-10)8-19-7-6-11-12(15)17-14(16)18-13(11)19;1-7-2-4-8(6-9)5-3-7;7-4-3-1-2-9-5(3)11-6(8)10-4/h2-7H,8H2,1H3;2-5H,6H2,1H3;1-2H,(H,9,10,11). The normalized spacial score (nSPS) is 10.6. The summed E-state index contributed by atoms with van der Waals surface area (Å²) < 4.78 is 7.13. The molecule has 6 aromatic rings. The highest BCUT2D eigenvalue weighted by Gasteiger charge is 2.10. The first-order chi connectivity index (χ1) is 19.3. The van der Waals surface area contributed by atoms with Crippen LogP contribution in [0.2, 0.25) is 20.9 Å². The first kappa shape index (κ1) is 29.9. The summed E-state index contributed by atoms with van der Waals surface area (Å²) in [5, 5.41) is 2.64. The van der Waals surface area contributed by atoms with Gasteiger partial charge in [0, 0.05) is 24.8 Å². The number of rotatable bonds is 4. The summed E-state index contributed by atoms with van der Waals surface area (Å²) in [6.07, 6.45) is 3.66. The predicted molar refractivity (Wildman–Crippen MR) is 164 cm³/mol. The van der Waals surface area contributed by atoms with Crippen LogP contribution in [0.4, 0.5) is 0 Å². The van der Waals surface area contributed by atoms with E-state index in [1.807, 2.05) is 53.2 Å². The number of nitrogens with zero attached hydrogens (tertiary/aromatic N) is 5. The van der Waals surface area contributed by atoms with Crippen LogP contribution in [0.3, 0.4) is 0 Å². The summed E-state index contributed by atoms with van der Waals surface area (Å²) in [5.74, 6) is 1.44. The number of hydrogen-bond acceptors (Lipinski definition) is 5. The molecule has 0 aliphatic carbocycles. The van der Waals surface area contributed by atoms with Crippen LogP contribution in [-0.4, -0.2) is 36.6 Å². The highest BCUT2D eigenvalue weighted by atomic mass is 35.5. The molecule has 1 N–H and O–H groups in total. The van der Waals surface area contributed by atoms with Crippen molar-refractivity contribution in [1.82, 2.24) is 29.5 Å². The van der Waals surface area contributed by atoms with Crippen LogP contribution >= 0.6 is 58.0 Å². The third-order valence-electron chi connectivity index (χ3n) is 5.67. The Balaban J connectivity index is 0.000000155. The van der Waals surface area contributed by atoms with Gasteiger partial charge in [-0.2, -0.15) is 9.97 Å². The van der Waals surface area contributed by atoms with Gasteiger partial charge >= 0.3 is 0 Å². The van der Waals surface area contributed by atoms with E-state index in [2.05, 4.69) is 44.0 Å². The summed E-state index contributed by atoms with van der Waals surface area (Å²) in [6, 6.07) is 19.8. The highest BCUT2D eigenvalue weighted by molar-refractivity contribution is 6.36. The van der Waals surface area contributed by atoms with Crippen molar-refractivity contribution in [2.24, 2.45) is 0 Å². The van der Waals surface area contributed by atoms with Gasteiger partial charge in [0.05, 0.1) is 17.9 Å². The Labute approximate surface area is 256 Å². The van der Waals surface area contributed by atoms with E-state index in [9.17, 15) is 0 Å². The van der Waals surface area contributed by atoms with E-state index in [-0.39, 0.29) is 10.6 Å². The highest BCUT2D eigenvalue weighted by Crippen LogP contribution is 2.24. The van der Waals surface area contributed by atoms with Crippen molar-refractivity contribution in [2.45, 2.75) is 19.3 Å². The molecule has 206 valence electrons. The summed E-state index contributed by atoms with van der Waals surface area (Å²) in [5.41, 5.74) is 4.99. The molecule has 0 atom stereocenters. The van der Waals surface area contributed by atoms with Gasteiger partial charge in [-0.05, 0) is 65.5 Å². The maximum absolute atomic E-state index is 6.05. The van der Waals surface area contributed by atoms with Gasteiger partial charge in [-0.1, -0.05) is 65.2 Å². The zero-order valence-electron chi connectivity index (χ0n) is 21.4. The average molecular weight is 637 g/mol. The van der Waals surface area contributed by atoms with E-state index in [1.165, 1.54) is 11.1 Å². The fraction of sp³-hybridized carbons (Fsp3) is 0.143. The fourth-order valence-corrected chi connectivity index (χ4v) is 4.67. The molecule has 0 aliphatic heterocycles. The van der Waals surface area contributed by atoms with Crippen molar-refractivity contribution in [1.29, 1.82) is 0 Å². The predicted octanol–water partition coefficient (Wildman–Crippen LogP) is 8.79. The second-order valence-corrected chi connectivity index (χ2v) is 10.1.